The first-order valence-corrected chi connectivity index (χ1v) is 5.59. The molecule has 0 bridgehead atoms. The fourth-order valence-corrected chi connectivity index (χ4v) is 1.88. The molecule has 2 rings (SSSR count). The van der Waals surface area contributed by atoms with Gasteiger partial charge in [-0.25, -0.2) is 4.98 Å². The lowest BCUT2D eigenvalue weighted by Gasteiger charge is -2.07. The van der Waals surface area contributed by atoms with Gasteiger partial charge in [-0.2, -0.15) is 0 Å². The van der Waals surface area contributed by atoms with Crippen molar-refractivity contribution in [3.63, 3.8) is 0 Å². The second-order valence-electron chi connectivity index (χ2n) is 4.67. The Morgan fingerprint density at radius 1 is 1.06 bits per heavy atom. The van der Waals surface area contributed by atoms with E-state index in [-0.39, 0.29) is 0 Å². The Morgan fingerprint density at radius 2 is 1.69 bits per heavy atom. The summed E-state index contributed by atoms with van der Waals surface area (Å²) in [6, 6.07) is 0. The molecule has 0 aliphatic rings. The summed E-state index contributed by atoms with van der Waals surface area (Å²) in [7, 11) is 0. The Labute approximate surface area is 95.7 Å². The molecule has 3 nitrogen and oxygen atoms in total. The zero-order chi connectivity index (χ0) is 12.0. The maximum Gasteiger partial charge on any atom is 0.198 e. The molecule has 1 heterocycles. The molecular formula is C13H18N2O. The van der Waals surface area contributed by atoms with Crippen LogP contribution in [0.15, 0.2) is 4.42 Å². The fourth-order valence-electron chi connectivity index (χ4n) is 1.88. The van der Waals surface area contributed by atoms with Crippen molar-refractivity contribution < 1.29 is 4.42 Å². The van der Waals surface area contributed by atoms with E-state index in [0.29, 0.717) is 5.92 Å². The number of aromatic nitrogens is 1. The summed E-state index contributed by atoms with van der Waals surface area (Å²) in [5.74, 6) is 1.08. The van der Waals surface area contributed by atoms with Gasteiger partial charge in [-0.3, -0.25) is 0 Å². The van der Waals surface area contributed by atoms with Gasteiger partial charge in [-0.1, -0.05) is 13.8 Å². The third-order valence-electron chi connectivity index (χ3n) is 3.20. The minimum Gasteiger partial charge on any atom is -0.440 e. The third-order valence-corrected chi connectivity index (χ3v) is 3.20. The normalized spacial score (nSPS) is 11.6. The summed E-state index contributed by atoms with van der Waals surface area (Å²) in [5.41, 5.74) is 11.9. The summed E-state index contributed by atoms with van der Waals surface area (Å²) in [6.45, 7) is 10.2. The van der Waals surface area contributed by atoms with Gasteiger partial charge >= 0.3 is 0 Å². The van der Waals surface area contributed by atoms with Crippen LogP contribution < -0.4 is 5.73 Å². The van der Waals surface area contributed by atoms with E-state index in [0.717, 1.165) is 39.4 Å². The van der Waals surface area contributed by atoms with Crippen molar-refractivity contribution in [1.82, 2.24) is 4.98 Å². The molecule has 1 aromatic heterocycles. The fraction of sp³-hybridized carbons (Fsp3) is 0.462. The van der Waals surface area contributed by atoms with Crippen molar-refractivity contribution in [1.29, 1.82) is 0 Å². The summed E-state index contributed by atoms with van der Waals surface area (Å²) in [5, 5.41) is 0. The summed E-state index contributed by atoms with van der Waals surface area (Å²) in [6.07, 6.45) is 0. The molecule has 0 aliphatic heterocycles. The number of nitrogens with two attached hydrogens (primary N) is 1. The van der Waals surface area contributed by atoms with E-state index in [9.17, 15) is 0 Å². The second kappa shape index (κ2) is 3.51. The van der Waals surface area contributed by atoms with E-state index in [2.05, 4.69) is 18.8 Å². The van der Waals surface area contributed by atoms with Gasteiger partial charge in [0, 0.05) is 17.2 Å². The third kappa shape index (κ3) is 1.39. The van der Waals surface area contributed by atoms with Crippen LogP contribution in [-0.4, -0.2) is 4.98 Å². The lowest BCUT2D eigenvalue weighted by Crippen LogP contribution is -1.97. The predicted octanol–water partition coefficient (Wildman–Crippen LogP) is 3.46. The quantitative estimate of drug-likeness (QED) is 0.746. The first-order chi connectivity index (χ1) is 7.43. The molecule has 0 radical (unpaired) electrons. The Hall–Kier alpha value is -1.51. The second-order valence-corrected chi connectivity index (χ2v) is 4.67. The number of nitrogens with zero attached hydrogens (tertiary/aromatic N) is 1. The Kier molecular flexibility index (Phi) is 2.41. The molecule has 1 aromatic carbocycles. The van der Waals surface area contributed by atoms with Crippen molar-refractivity contribution in [2.45, 2.75) is 40.5 Å². The average molecular weight is 218 g/mol. The van der Waals surface area contributed by atoms with Crippen LogP contribution in [0, 0.1) is 20.8 Å². The van der Waals surface area contributed by atoms with E-state index in [4.69, 9.17) is 10.2 Å². The van der Waals surface area contributed by atoms with E-state index in [1.54, 1.807) is 0 Å². The van der Waals surface area contributed by atoms with E-state index >= 15 is 0 Å². The number of rotatable bonds is 1. The maximum absolute atomic E-state index is 6.05. The summed E-state index contributed by atoms with van der Waals surface area (Å²) >= 11 is 0. The van der Waals surface area contributed by atoms with Crippen molar-refractivity contribution in [3.05, 3.63) is 22.6 Å². The molecule has 0 saturated heterocycles. The number of hydrogen-bond acceptors (Lipinski definition) is 3. The highest BCUT2D eigenvalue weighted by Gasteiger charge is 2.17. The smallest absolute Gasteiger partial charge is 0.198 e. The Balaban J connectivity index is 2.86. The van der Waals surface area contributed by atoms with Crippen molar-refractivity contribution in [2.75, 3.05) is 5.73 Å². The van der Waals surface area contributed by atoms with Crippen molar-refractivity contribution in [3.8, 4) is 0 Å². The molecule has 16 heavy (non-hydrogen) atoms. The molecule has 0 amide bonds. The lowest BCUT2D eigenvalue weighted by molar-refractivity contribution is 0.500. The average Bonchev–Trinajstić information content (AvgIpc) is 2.68. The SMILES string of the molecule is Cc1c(N)c(C)c2oc(C(C)C)nc2c1C. The minimum atomic E-state index is 0.299. The number of nitrogen functional groups attached to an aromatic ring is 1. The van der Waals surface area contributed by atoms with Crippen LogP contribution >= 0.6 is 0 Å². The molecule has 0 atom stereocenters. The number of benzene rings is 1. The molecule has 3 heteroatoms. The molecule has 2 N–H and O–H groups in total. The monoisotopic (exact) mass is 218 g/mol. The van der Waals surface area contributed by atoms with Gasteiger partial charge in [0.1, 0.15) is 5.52 Å². The summed E-state index contributed by atoms with van der Waals surface area (Å²) in [4.78, 5) is 4.55. The Morgan fingerprint density at radius 3 is 2.25 bits per heavy atom. The highest BCUT2D eigenvalue weighted by Crippen LogP contribution is 2.32. The largest absolute Gasteiger partial charge is 0.440 e. The summed E-state index contributed by atoms with van der Waals surface area (Å²) < 4.78 is 5.79. The van der Waals surface area contributed by atoms with Crippen molar-refractivity contribution >= 4 is 16.8 Å². The maximum atomic E-state index is 6.05. The van der Waals surface area contributed by atoms with Crippen LogP contribution in [0.25, 0.3) is 11.1 Å². The van der Waals surface area contributed by atoms with Gasteiger partial charge < -0.3 is 10.2 Å². The number of aryl methyl sites for hydroxylation is 2. The van der Waals surface area contributed by atoms with Crippen LogP contribution in [0.2, 0.25) is 0 Å². The minimum absolute atomic E-state index is 0.299. The Bertz CT molecular complexity index is 508. The van der Waals surface area contributed by atoms with Crippen LogP contribution in [0.5, 0.6) is 0 Å². The van der Waals surface area contributed by atoms with Gasteiger partial charge in [0.15, 0.2) is 11.5 Å². The van der Waals surface area contributed by atoms with E-state index < -0.39 is 0 Å². The first-order valence-electron chi connectivity index (χ1n) is 5.59. The highest BCUT2D eigenvalue weighted by molar-refractivity contribution is 5.87. The van der Waals surface area contributed by atoms with Gasteiger partial charge in [-0.05, 0) is 31.9 Å². The highest BCUT2D eigenvalue weighted by atomic mass is 16.3. The zero-order valence-corrected chi connectivity index (χ0v) is 10.5. The molecule has 0 spiro atoms. The number of hydrogen-bond donors (Lipinski definition) is 1. The molecule has 0 saturated carbocycles. The number of anilines is 1. The van der Waals surface area contributed by atoms with Gasteiger partial charge in [-0.15, -0.1) is 0 Å². The predicted molar refractivity (Wildman–Crippen MR) is 66.7 cm³/mol. The van der Waals surface area contributed by atoms with Crippen LogP contribution in [0.3, 0.4) is 0 Å². The molecule has 2 aromatic rings. The number of oxazole rings is 1. The van der Waals surface area contributed by atoms with Gasteiger partial charge in [0.25, 0.3) is 0 Å². The van der Waals surface area contributed by atoms with Gasteiger partial charge in [0.05, 0.1) is 0 Å². The molecule has 0 aliphatic carbocycles. The van der Waals surface area contributed by atoms with Gasteiger partial charge in [0.2, 0.25) is 0 Å². The lowest BCUT2D eigenvalue weighted by atomic mass is 10.0. The van der Waals surface area contributed by atoms with E-state index in [1.807, 2.05) is 20.8 Å². The van der Waals surface area contributed by atoms with E-state index in [1.165, 1.54) is 0 Å². The zero-order valence-electron chi connectivity index (χ0n) is 10.5. The molecular weight excluding hydrogens is 200 g/mol. The number of fused-ring (bicyclic) bond motifs is 1. The van der Waals surface area contributed by atoms with Crippen LogP contribution in [0.4, 0.5) is 5.69 Å². The van der Waals surface area contributed by atoms with Crippen LogP contribution in [-0.2, 0) is 0 Å². The molecule has 0 fully saturated rings. The topological polar surface area (TPSA) is 52.0 Å². The molecule has 0 unspecified atom stereocenters. The molecule has 86 valence electrons. The van der Waals surface area contributed by atoms with Crippen LogP contribution in [0.1, 0.15) is 42.3 Å². The first kappa shape index (κ1) is 11.0. The standard InChI is InChI=1S/C13H18N2O/c1-6(2)13-15-11-8(4)7(3)10(14)9(5)12(11)16-13/h6H,14H2,1-5H3. The van der Waals surface area contributed by atoms with Crippen molar-refractivity contribution in [2.24, 2.45) is 0 Å².